The minimum Gasteiger partial charge on any atom is -0.353 e. The number of rotatable bonds is 4. The Balaban J connectivity index is 0.00000192. The van der Waals surface area contributed by atoms with Crippen LogP contribution in [0.15, 0.2) is 48.5 Å². The van der Waals surface area contributed by atoms with Crippen molar-refractivity contribution in [2.75, 3.05) is 44.2 Å². The maximum absolute atomic E-state index is 12.5. The lowest BCUT2D eigenvalue weighted by molar-refractivity contribution is 0.0756. The number of benzene rings is 2. The monoisotopic (exact) mass is 414 g/mol. The lowest BCUT2D eigenvalue weighted by atomic mass is 10.1. The molecular weight excluding hydrogens is 392 g/mol. The minimum atomic E-state index is 0. The molecule has 0 saturated carbocycles. The fourth-order valence-electron chi connectivity index (χ4n) is 4.04. The fraction of sp³-hybridized carbons (Fsp3) is 0.333. The lowest BCUT2D eigenvalue weighted by Gasteiger charge is -2.35. The van der Waals surface area contributed by atoms with Crippen molar-refractivity contribution in [3.05, 3.63) is 59.7 Å². The van der Waals surface area contributed by atoms with Crippen molar-refractivity contribution in [3.63, 3.8) is 0 Å². The molecule has 0 atom stereocenters. The van der Waals surface area contributed by atoms with Crippen molar-refractivity contribution in [3.8, 4) is 0 Å². The van der Waals surface area contributed by atoms with E-state index in [4.69, 9.17) is 0 Å². The Hall–Kier alpha value is -2.15. The highest BCUT2D eigenvalue weighted by Gasteiger charge is 2.27. The fourth-order valence-corrected chi connectivity index (χ4v) is 4.84. The quantitative estimate of drug-likeness (QED) is 0.655. The van der Waals surface area contributed by atoms with E-state index in [0.29, 0.717) is 0 Å². The third kappa shape index (κ3) is 3.48. The molecule has 1 amide bonds. The van der Waals surface area contributed by atoms with Gasteiger partial charge in [0, 0.05) is 56.8 Å². The number of carbonyl (C=O) groups excluding carboxylic acids is 1. The minimum absolute atomic E-state index is 0. The van der Waals surface area contributed by atoms with Gasteiger partial charge in [-0.1, -0.05) is 30.3 Å². The second-order valence-electron chi connectivity index (χ2n) is 7.21. The standard InChI is InChI=1S/C21H22N4OS.ClH/c26-21-17-6-2-1-5-16(17)15-25(21)14-11-23-9-12-24(13-10-23)20-18-7-3-4-8-19(18)27-22-20;/h1-8H,9-15H2;1H. The van der Waals surface area contributed by atoms with Gasteiger partial charge in [0.05, 0.1) is 4.70 Å². The SMILES string of the molecule is Cl.O=C1c2ccccc2CN1CCN1CCN(c2nsc3ccccc23)CC1. The number of piperazine rings is 1. The van der Waals surface area contributed by atoms with Crippen LogP contribution < -0.4 is 4.90 Å². The molecule has 2 aromatic carbocycles. The summed E-state index contributed by atoms with van der Waals surface area (Å²) in [4.78, 5) is 19.3. The molecule has 0 bridgehead atoms. The summed E-state index contributed by atoms with van der Waals surface area (Å²) in [5, 5.41) is 1.26. The van der Waals surface area contributed by atoms with Gasteiger partial charge in [0.25, 0.3) is 5.91 Å². The summed E-state index contributed by atoms with van der Waals surface area (Å²) in [6, 6.07) is 16.4. The first-order valence-electron chi connectivity index (χ1n) is 9.48. The van der Waals surface area contributed by atoms with Gasteiger partial charge < -0.3 is 9.80 Å². The number of anilines is 1. The molecule has 5 rings (SSSR count). The highest BCUT2D eigenvalue weighted by Crippen LogP contribution is 2.30. The molecule has 146 valence electrons. The van der Waals surface area contributed by atoms with Gasteiger partial charge in [-0.25, -0.2) is 0 Å². The van der Waals surface area contributed by atoms with E-state index in [1.807, 2.05) is 23.1 Å². The maximum Gasteiger partial charge on any atom is 0.254 e. The van der Waals surface area contributed by atoms with Crippen LogP contribution in [-0.4, -0.2) is 59.3 Å². The van der Waals surface area contributed by atoms with Crippen LogP contribution in [0.2, 0.25) is 0 Å². The Kier molecular flexibility index (Phi) is 5.53. The van der Waals surface area contributed by atoms with E-state index >= 15 is 0 Å². The van der Waals surface area contributed by atoms with Gasteiger partial charge in [0.2, 0.25) is 0 Å². The maximum atomic E-state index is 12.5. The second kappa shape index (κ2) is 8.07. The number of nitrogens with zero attached hydrogens (tertiary/aromatic N) is 4. The van der Waals surface area contributed by atoms with Crippen LogP contribution in [-0.2, 0) is 6.54 Å². The largest absolute Gasteiger partial charge is 0.353 e. The summed E-state index contributed by atoms with van der Waals surface area (Å²) in [6.45, 7) is 6.49. The number of aromatic nitrogens is 1. The van der Waals surface area contributed by atoms with Gasteiger partial charge in [0.1, 0.15) is 5.82 Å². The molecule has 1 fully saturated rings. The van der Waals surface area contributed by atoms with Gasteiger partial charge in [-0.3, -0.25) is 9.69 Å². The van der Waals surface area contributed by atoms with Crippen molar-refractivity contribution >= 4 is 45.8 Å². The average molecular weight is 415 g/mol. The van der Waals surface area contributed by atoms with Crippen molar-refractivity contribution in [2.45, 2.75) is 6.54 Å². The third-order valence-electron chi connectivity index (χ3n) is 5.61. The van der Waals surface area contributed by atoms with Gasteiger partial charge >= 0.3 is 0 Å². The van der Waals surface area contributed by atoms with E-state index in [-0.39, 0.29) is 18.3 Å². The highest BCUT2D eigenvalue weighted by atomic mass is 35.5. The normalized spacial score (nSPS) is 17.1. The molecule has 5 nitrogen and oxygen atoms in total. The Morgan fingerprint density at radius 1 is 0.929 bits per heavy atom. The van der Waals surface area contributed by atoms with Crippen LogP contribution in [0.3, 0.4) is 0 Å². The molecular formula is C21H23ClN4OS. The number of fused-ring (bicyclic) bond motifs is 2. The average Bonchev–Trinajstić information content (AvgIpc) is 3.29. The summed E-state index contributed by atoms with van der Waals surface area (Å²) in [5.41, 5.74) is 2.03. The molecule has 1 aromatic heterocycles. The van der Waals surface area contributed by atoms with Gasteiger partial charge in [-0.15, -0.1) is 12.4 Å². The molecule has 0 aliphatic carbocycles. The second-order valence-corrected chi connectivity index (χ2v) is 8.02. The molecule has 3 heterocycles. The number of hydrogen-bond acceptors (Lipinski definition) is 5. The van der Waals surface area contributed by atoms with E-state index in [2.05, 4.69) is 44.5 Å². The Labute approximate surface area is 175 Å². The Morgan fingerprint density at radius 3 is 2.50 bits per heavy atom. The molecule has 7 heteroatoms. The van der Waals surface area contributed by atoms with E-state index in [1.54, 1.807) is 11.5 Å². The lowest BCUT2D eigenvalue weighted by Crippen LogP contribution is -2.48. The smallest absolute Gasteiger partial charge is 0.254 e. The summed E-state index contributed by atoms with van der Waals surface area (Å²) in [7, 11) is 0. The number of hydrogen-bond donors (Lipinski definition) is 0. The molecule has 3 aromatic rings. The third-order valence-corrected chi connectivity index (χ3v) is 6.43. The summed E-state index contributed by atoms with van der Waals surface area (Å²) >= 11 is 1.58. The van der Waals surface area contributed by atoms with Gasteiger partial charge in [-0.05, 0) is 35.3 Å². The molecule has 0 spiro atoms. The highest BCUT2D eigenvalue weighted by molar-refractivity contribution is 7.13. The zero-order valence-corrected chi connectivity index (χ0v) is 17.2. The predicted octanol–water partition coefficient (Wildman–Crippen LogP) is 3.50. The van der Waals surface area contributed by atoms with Gasteiger partial charge in [-0.2, -0.15) is 4.37 Å². The summed E-state index contributed by atoms with van der Waals surface area (Å²) in [5.74, 6) is 1.30. The van der Waals surface area contributed by atoms with Crippen LogP contribution >= 0.6 is 23.9 Å². The van der Waals surface area contributed by atoms with Crippen molar-refractivity contribution < 1.29 is 4.79 Å². The van der Waals surface area contributed by atoms with Crippen LogP contribution in [0.5, 0.6) is 0 Å². The topological polar surface area (TPSA) is 39.7 Å². The molecule has 0 N–H and O–H groups in total. The molecule has 0 unspecified atom stereocenters. The Morgan fingerprint density at radius 2 is 1.68 bits per heavy atom. The summed E-state index contributed by atoms with van der Waals surface area (Å²) in [6.07, 6.45) is 0. The molecule has 1 saturated heterocycles. The molecule has 2 aliphatic rings. The zero-order valence-electron chi connectivity index (χ0n) is 15.6. The number of amides is 1. The van der Waals surface area contributed by atoms with Crippen molar-refractivity contribution in [1.29, 1.82) is 0 Å². The molecule has 28 heavy (non-hydrogen) atoms. The molecule has 0 radical (unpaired) electrons. The van der Waals surface area contributed by atoms with E-state index < -0.39 is 0 Å². The Bertz CT molecular complexity index is 983. The zero-order chi connectivity index (χ0) is 18.2. The van der Waals surface area contributed by atoms with Crippen molar-refractivity contribution in [2.24, 2.45) is 0 Å². The van der Waals surface area contributed by atoms with Crippen LogP contribution in [0.1, 0.15) is 15.9 Å². The number of halogens is 1. The predicted molar refractivity (Wildman–Crippen MR) is 117 cm³/mol. The first-order valence-corrected chi connectivity index (χ1v) is 10.3. The van der Waals surface area contributed by atoms with Crippen LogP contribution in [0.25, 0.3) is 10.1 Å². The first-order chi connectivity index (χ1) is 13.3. The molecule has 2 aliphatic heterocycles. The number of carbonyl (C=O) groups is 1. The summed E-state index contributed by atoms with van der Waals surface area (Å²) < 4.78 is 5.93. The van der Waals surface area contributed by atoms with E-state index in [1.165, 1.54) is 10.1 Å². The first kappa shape index (κ1) is 19.2. The van der Waals surface area contributed by atoms with Crippen LogP contribution in [0.4, 0.5) is 5.82 Å². The van der Waals surface area contributed by atoms with E-state index in [0.717, 1.165) is 62.8 Å². The van der Waals surface area contributed by atoms with E-state index in [9.17, 15) is 4.79 Å². The van der Waals surface area contributed by atoms with Gasteiger partial charge in [0.15, 0.2) is 0 Å². The van der Waals surface area contributed by atoms with Crippen LogP contribution in [0, 0.1) is 0 Å². The van der Waals surface area contributed by atoms with Crippen molar-refractivity contribution in [1.82, 2.24) is 14.2 Å².